The van der Waals surface area contributed by atoms with E-state index in [0.717, 1.165) is 54.7 Å². The van der Waals surface area contributed by atoms with E-state index in [4.69, 9.17) is 15.2 Å². The summed E-state index contributed by atoms with van der Waals surface area (Å²) in [7, 11) is 0. The summed E-state index contributed by atoms with van der Waals surface area (Å²) in [5, 5.41) is 18.8. The molecule has 0 saturated carbocycles. The van der Waals surface area contributed by atoms with Gasteiger partial charge in [0, 0.05) is 38.0 Å². The molecule has 0 radical (unpaired) electrons. The molecule has 0 unspecified atom stereocenters. The second kappa shape index (κ2) is 8.72. The first-order valence-corrected chi connectivity index (χ1v) is 14.8. The number of aromatic nitrogens is 5. The molecule has 10 rings (SSSR count). The Labute approximate surface area is 251 Å². The fourth-order valence-corrected chi connectivity index (χ4v) is 7.15. The van der Waals surface area contributed by atoms with Gasteiger partial charge in [0.2, 0.25) is 0 Å². The van der Waals surface area contributed by atoms with Crippen LogP contribution in [0.1, 0.15) is 0 Å². The van der Waals surface area contributed by atoms with Crippen molar-refractivity contribution in [1.82, 2.24) is 24.3 Å². The summed E-state index contributed by atoms with van der Waals surface area (Å²) in [5.41, 5.74) is 7.27. The van der Waals surface area contributed by atoms with Crippen LogP contribution in [0.25, 0.3) is 87.8 Å². The average molecular weight is 562 g/mol. The highest BCUT2D eigenvalue weighted by Gasteiger charge is 2.19. The van der Waals surface area contributed by atoms with Gasteiger partial charge in [0.25, 0.3) is 5.95 Å². The van der Waals surface area contributed by atoms with Crippen molar-refractivity contribution in [2.45, 2.75) is 0 Å². The minimum absolute atomic E-state index is 0.564. The Bertz CT molecular complexity index is 2700. The van der Waals surface area contributed by atoms with Crippen molar-refractivity contribution in [3.8, 4) is 11.6 Å². The van der Waals surface area contributed by atoms with E-state index in [2.05, 4.69) is 143 Å². The zero-order chi connectivity index (χ0) is 28.8. The van der Waals surface area contributed by atoms with Gasteiger partial charge in [-0.05, 0) is 47.2 Å². The van der Waals surface area contributed by atoms with Crippen LogP contribution in [-0.2, 0) is 0 Å². The molecule has 3 heterocycles. The number of nitrogens with zero attached hydrogens (tertiary/aromatic N) is 5. The summed E-state index contributed by atoms with van der Waals surface area (Å²) in [5.74, 6) is 0.564. The molecule has 10 aromatic rings. The predicted octanol–water partition coefficient (Wildman–Crippen LogP) is 9.53. The number of hydrogen-bond acceptors (Lipinski definition) is 3. The molecule has 0 N–H and O–H groups in total. The van der Waals surface area contributed by atoms with E-state index >= 15 is 0 Å². The van der Waals surface area contributed by atoms with E-state index in [1.807, 2.05) is 6.07 Å². The number of para-hydroxylation sites is 3. The van der Waals surface area contributed by atoms with Crippen molar-refractivity contribution in [1.29, 1.82) is 0 Å². The highest BCUT2D eigenvalue weighted by Crippen LogP contribution is 2.37. The Balaban J connectivity index is 1.27. The van der Waals surface area contributed by atoms with Crippen LogP contribution in [0.2, 0.25) is 0 Å². The largest absolute Gasteiger partial charge is 0.309 e. The molecule has 0 spiro atoms. The molecule has 0 fully saturated rings. The lowest BCUT2D eigenvalue weighted by atomic mass is 10.00. The molecular weight excluding hydrogens is 538 g/mol. The second-order valence-electron chi connectivity index (χ2n) is 11.3. The molecule has 7 aromatic carbocycles. The number of rotatable bonds is 2. The maximum Gasteiger partial charge on any atom is 0.255 e. The average Bonchev–Trinajstić information content (AvgIpc) is 3.61. The van der Waals surface area contributed by atoms with Crippen molar-refractivity contribution in [3.63, 3.8) is 0 Å². The molecule has 5 heteroatoms. The van der Waals surface area contributed by atoms with Gasteiger partial charge in [-0.15, -0.1) is 10.2 Å². The minimum Gasteiger partial charge on any atom is -0.309 e. The van der Waals surface area contributed by atoms with Crippen molar-refractivity contribution in [2.24, 2.45) is 0 Å². The predicted molar refractivity (Wildman–Crippen MR) is 181 cm³/mol. The first kappa shape index (κ1) is 23.5. The zero-order valence-electron chi connectivity index (χ0n) is 23.5. The third-order valence-electron chi connectivity index (χ3n) is 9.02. The molecule has 3 aromatic heterocycles. The molecule has 44 heavy (non-hydrogen) atoms. The molecule has 0 bridgehead atoms. The topological polar surface area (TPSA) is 48.5 Å². The van der Waals surface area contributed by atoms with Gasteiger partial charge in [-0.25, -0.2) is 4.98 Å². The van der Waals surface area contributed by atoms with Crippen LogP contribution in [0.5, 0.6) is 0 Å². The van der Waals surface area contributed by atoms with E-state index in [1.165, 1.54) is 27.2 Å². The lowest BCUT2D eigenvalue weighted by Gasteiger charge is -2.11. The Morgan fingerprint density at radius 3 is 1.41 bits per heavy atom. The van der Waals surface area contributed by atoms with Crippen molar-refractivity contribution in [2.75, 3.05) is 0 Å². The molecule has 0 saturated heterocycles. The van der Waals surface area contributed by atoms with Crippen LogP contribution in [0.4, 0.5) is 0 Å². The molecule has 0 aliphatic heterocycles. The summed E-state index contributed by atoms with van der Waals surface area (Å²) in [6.07, 6.45) is 0. The van der Waals surface area contributed by atoms with E-state index in [0.29, 0.717) is 5.95 Å². The summed E-state index contributed by atoms with van der Waals surface area (Å²) in [4.78, 5) is 5.23. The standard InChI is InChI=1S/C39H23N5/c1-3-16-30-25(11-1)26-12-2-4-17-31(26)38-37(30)40-39(42-41-38)44-35-20-10-7-15-29(35)32-23-24(21-22-36(32)44)43-33-18-8-5-13-27(33)28-14-6-9-19-34(28)43/h1-23H. The molecule has 0 amide bonds. The van der Waals surface area contributed by atoms with Crippen molar-refractivity contribution in [3.05, 3.63) is 140 Å². The lowest BCUT2D eigenvalue weighted by molar-refractivity contribution is 0.926. The molecular formula is C39H23N5. The van der Waals surface area contributed by atoms with Crippen LogP contribution < -0.4 is 0 Å². The van der Waals surface area contributed by atoms with Gasteiger partial charge in [0.1, 0.15) is 11.0 Å². The van der Waals surface area contributed by atoms with E-state index in [-0.39, 0.29) is 0 Å². The highest BCUT2D eigenvalue weighted by molar-refractivity contribution is 6.23. The lowest BCUT2D eigenvalue weighted by Crippen LogP contribution is -2.04. The first-order chi connectivity index (χ1) is 21.8. The SMILES string of the molecule is c1ccc2c(c1)c1ccccc1c1nc(-n3c4ccccc4c4cc(-n5c6ccccc6c6ccccc65)ccc43)nnc21. The molecule has 0 aliphatic carbocycles. The Morgan fingerprint density at radius 1 is 0.341 bits per heavy atom. The summed E-state index contributed by atoms with van der Waals surface area (Å²) in [6, 6.07) is 49.2. The Kier molecular flexibility index (Phi) is 4.66. The maximum absolute atomic E-state index is 5.23. The van der Waals surface area contributed by atoms with Gasteiger partial charge in [-0.1, -0.05) is 103 Å². The number of fused-ring (bicyclic) bond motifs is 12. The highest BCUT2D eigenvalue weighted by atomic mass is 15.3. The van der Waals surface area contributed by atoms with Gasteiger partial charge < -0.3 is 4.57 Å². The molecule has 5 nitrogen and oxygen atoms in total. The van der Waals surface area contributed by atoms with Crippen molar-refractivity contribution >= 4 is 76.2 Å². The van der Waals surface area contributed by atoms with Crippen LogP contribution in [0.15, 0.2) is 140 Å². The second-order valence-corrected chi connectivity index (χ2v) is 11.3. The van der Waals surface area contributed by atoms with E-state index in [9.17, 15) is 0 Å². The third kappa shape index (κ3) is 3.10. The number of benzene rings is 7. The van der Waals surface area contributed by atoms with Gasteiger partial charge in [0.05, 0.1) is 22.1 Å². The summed E-state index contributed by atoms with van der Waals surface area (Å²) >= 11 is 0. The quantitative estimate of drug-likeness (QED) is 0.198. The Morgan fingerprint density at radius 2 is 0.795 bits per heavy atom. The van der Waals surface area contributed by atoms with Crippen LogP contribution in [0.3, 0.4) is 0 Å². The molecule has 0 aliphatic rings. The van der Waals surface area contributed by atoms with Crippen molar-refractivity contribution < 1.29 is 0 Å². The maximum atomic E-state index is 5.23. The number of hydrogen-bond donors (Lipinski definition) is 0. The monoisotopic (exact) mass is 561 g/mol. The molecule has 204 valence electrons. The zero-order valence-corrected chi connectivity index (χ0v) is 23.5. The van der Waals surface area contributed by atoms with E-state index in [1.54, 1.807) is 0 Å². The Hall–Kier alpha value is -6.07. The fourth-order valence-electron chi connectivity index (χ4n) is 7.15. The van der Waals surface area contributed by atoms with Crippen LogP contribution in [0, 0.1) is 0 Å². The first-order valence-electron chi connectivity index (χ1n) is 14.8. The van der Waals surface area contributed by atoms with Crippen LogP contribution in [-0.4, -0.2) is 24.3 Å². The molecule has 0 atom stereocenters. The smallest absolute Gasteiger partial charge is 0.255 e. The third-order valence-corrected chi connectivity index (χ3v) is 9.02. The fraction of sp³-hybridized carbons (Fsp3) is 0. The van der Waals surface area contributed by atoms with Gasteiger partial charge >= 0.3 is 0 Å². The normalized spacial score (nSPS) is 12.1. The summed E-state index contributed by atoms with van der Waals surface area (Å²) in [6.45, 7) is 0. The van der Waals surface area contributed by atoms with Gasteiger partial charge in [0.15, 0.2) is 0 Å². The van der Waals surface area contributed by atoms with E-state index < -0.39 is 0 Å². The summed E-state index contributed by atoms with van der Waals surface area (Å²) < 4.78 is 4.51. The minimum atomic E-state index is 0.564. The van der Waals surface area contributed by atoms with Gasteiger partial charge in [-0.3, -0.25) is 4.57 Å². The van der Waals surface area contributed by atoms with Gasteiger partial charge in [-0.2, -0.15) is 0 Å². The van der Waals surface area contributed by atoms with Crippen LogP contribution >= 0.6 is 0 Å².